The number of aromatic amines is 1. The van der Waals surface area contributed by atoms with E-state index in [9.17, 15) is 18.3 Å². The van der Waals surface area contributed by atoms with E-state index in [0.717, 1.165) is 32.1 Å². The highest BCUT2D eigenvalue weighted by Gasteiger charge is 2.72. The van der Waals surface area contributed by atoms with Crippen LogP contribution in [-0.4, -0.2) is 27.1 Å². The summed E-state index contributed by atoms with van der Waals surface area (Å²) in [4.78, 5) is 0. The van der Waals surface area contributed by atoms with Crippen molar-refractivity contribution in [3.05, 3.63) is 17.5 Å². The second-order valence-corrected chi connectivity index (χ2v) is 10.3. The summed E-state index contributed by atoms with van der Waals surface area (Å²) >= 11 is 0. The van der Waals surface area contributed by atoms with Crippen LogP contribution < -0.4 is 0 Å². The lowest BCUT2D eigenvalue weighted by molar-refractivity contribution is -0.304. The highest BCUT2D eigenvalue weighted by Crippen LogP contribution is 2.69. The van der Waals surface area contributed by atoms with Crippen LogP contribution in [0.3, 0.4) is 0 Å². The monoisotopic (exact) mass is 382 g/mol. The molecule has 0 aliphatic heterocycles. The van der Waals surface area contributed by atoms with Gasteiger partial charge in [-0.1, -0.05) is 13.8 Å². The first-order chi connectivity index (χ1) is 12.6. The van der Waals surface area contributed by atoms with E-state index in [2.05, 4.69) is 17.1 Å². The van der Waals surface area contributed by atoms with E-state index >= 15 is 0 Å². The number of nitrogens with zero attached hydrogens (tertiary/aromatic N) is 1. The van der Waals surface area contributed by atoms with Gasteiger partial charge in [0.2, 0.25) is 0 Å². The summed E-state index contributed by atoms with van der Waals surface area (Å²) in [6, 6.07) is 0. The Morgan fingerprint density at radius 2 is 1.85 bits per heavy atom. The molecular formula is C21H29F3N2O. The molecule has 0 radical (unpaired) electrons. The maximum absolute atomic E-state index is 13.8. The van der Waals surface area contributed by atoms with Gasteiger partial charge in [-0.3, -0.25) is 5.10 Å². The van der Waals surface area contributed by atoms with Crippen molar-refractivity contribution in [2.75, 3.05) is 0 Å². The Morgan fingerprint density at radius 1 is 1.11 bits per heavy atom. The number of halogens is 3. The first kappa shape index (κ1) is 18.0. The van der Waals surface area contributed by atoms with Crippen LogP contribution in [0.5, 0.6) is 0 Å². The average Bonchev–Trinajstić information content (AvgIpc) is 3.14. The molecule has 0 amide bonds. The third-order valence-corrected chi connectivity index (χ3v) is 9.52. The van der Waals surface area contributed by atoms with Crippen molar-refractivity contribution in [2.24, 2.45) is 34.5 Å². The molecule has 3 fully saturated rings. The van der Waals surface area contributed by atoms with Crippen LogP contribution in [0.2, 0.25) is 0 Å². The summed E-state index contributed by atoms with van der Waals surface area (Å²) < 4.78 is 41.4. The predicted molar refractivity (Wildman–Crippen MR) is 94.9 cm³/mol. The summed E-state index contributed by atoms with van der Waals surface area (Å²) in [6.45, 7) is 4.09. The van der Waals surface area contributed by atoms with Gasteiger partial charge in [-0.25, -0.2) is 0 Å². The van der Waals surface area contributed by atoms with E-state index in [0.29, 0.717) is 30.6 Å². The zero-order chi connectivity index (χ0) is 19.2. The Balaban J connectivity index is 1.49. The standard InChI is InChI=1S/C21H29F3N2O/c1-18-10-12-11-25-26-17(12)9-13(18)3-4-14-15(18)5-7-19(2)16(14)6-8-20(19,27)21(22,23)24/h11,13-16,27H,3-10H2,1-2H3,(H,25,26)/t13-,14?,15?,16?,18+,19+,20+/m1/s1. The van der Waals surface area contributed by atoms with Gasteiger partial charge in [0.05, 0.1) is 6.20 Å². The molecule has 3 saturated carbocycles. The lowest BCUT2D eigenvalue weighted by Gasteiger charge is -2.61. The smallest absolute Gasteiger partial charge is 0.380 e. The van der Waals surface area contributed by atoms with Crippen LogP contribution in [0.25, 0.3) is 0 Å². The molecule has 4 aliphatic rings. The zero-order valence-corrected chi connectivity index (χ0v) is 16.1. The van der Waals surface area contributed by atoms with Crippen molar-refractivity contribution >= 4 is 0 Å². The molecule has 7 atom stereocenters. The highest BCUT2D eigenvalue weighted by atomic mass is 19.4. The number of aliphatic hydroxyl groups is 1. The zero-order valence-electron chi connectivity index (χ0n) is 16.1. The first-order valence-electron chi connectivity index (χ1n) is 10.4. The van der Waals surface area contributed by atoms with E-state index in [1.807, 2.05) is 6.20 Å². The van der Waals surface area contributed by atoms with Crippen molar-refractivity contribution in [1.29, 1.82) is 0 Å². The van der Waals surface area contributed by atoms with Crippen LogP contribution in [0, 0.1) is 34.5 Å². The van der Waals surface area contributed by atoms with Crippen molar-refractivity contribution < 1.29 is 18.3 Å². The molecule has 4 aliphatic carbocycles. The Morgan fingerprint density at radius 3 is 2.59 bits per heavy atom. The predicted octanol–water partition coefficient (Wildman–Crippen LogP) is 4.66. The van der Waals surface area contributed by atoms with E-state index in [4.69, 9.17) is 0 Å². The van der Waals surface area contributed by atoms with Gasteiger partial charge in [-0.2, -0.15) is 18.3 Å². The molecule has 0 spiro atoms. The van der Waals surface area contributed by atoms with Crippen molar-refractivity contribution in [3.63, 3.8) is 0 Å². The third-order valence-electron chi connectivity index (χ3n) is 9.52. The van der Waals surface area contributed by atoms with Crippen LogP contribution in [0.1, 0.15) is 63.6 Å². The molecule has 3 nitrogen and oxygen atoms in total. The molecule has 3 unspecified atom stereocenters. The number of fused-ring (bicyclic) bond motifs is 6. The molecule has 1 heterocycles. The minimum atomic E-state index is -4.54. The molecule has 0 saturated heterocycles. The second kappa shape index (κ2) is 5.31. The topological polar surface area (TPSA) is 48.9 Å². The van der Waals surface area contributed by atoms with Gasteiger partial charge in [0, 0.05) is 11.1 Å². The lowest BCUT2D eigenvalue weighted by atomic mass is 9.44. The Labute approximate surface area is 158 Å². The van der Waals surface area contributed by atoms with Crippen LogP contribution in [-0.2, 0) is 12.8 Å². The summed E-state index contributed by atoms with van der Waals surface area (Å²) in [7, 11) is 0. The SMILES string of the molecule is C[C@]12CCC3C(CC[C@@H]4Cc5[nH]ncc5C[C@]34C)C1CC[C@@]2(O)C(F)(F)F. The van der Waals surface area contributed by atoms with Gasteiger partial charge >= 0.3 is 6.18 Å². The van der Waals surface area contributed by atoms with E-state index in [-0.39, 0.29) is 17.8 Å². The fourth-order valence-electron chi connectivity index (χ4n) is 7.95. The molecule has 1 aromatic heterocycles. The van der Waals surface area contributed by atoms with Crippen molar-refractivity contribution in [3.8, 4) is 0 Å². The van der Waals surface area contributed by atoms with Crippen LogP contribution in [0.4, 0.5) is 13.2 Å². The summed E-state index contributed by atoms with van der Waals surface area (Å²) in [5.74, 6) is 1.31. The van der Waals surface area contributed by atoms with E-state index < -0.39 is 17.2 Å². The summed E-state index contributed by atoms with van der Waals surface area (Å²) in [6.07, 6.45) is 3.13. The number of aromatic nitrogens is 2. The molecule has 27 heavy (non-hydrogen) atoms. The van der Waals surface area contributed by atoms with Gasteiger partial charge in [-0.15, -0.1) is 0 Å². The molecule has 150 valence electrons. The molecule has 2 N–H and O–H groups in total. The number of nitrogens with one attached hydrogen (secondary N) is 1. The highest BCUT2D eigenvalue weighted by molar-refractivity contribution is 5.26. The van der Waals surface area contributed by atoms with Gasteiger partial charge < -0.3 is 5.11 Å². The summed E-state index contributed by atoms with van der Waals surface area (Å²) in [5.41, 5.74) is -0.868. The number of hydrogen-bond acceptors (Lipinski definition) is 2. The van der Waals surface area contributed by atoms with E-state index in [1.54, 1.807) is 6.92 Å². The van der Waals surface area contributed by atoms with Crippen molar-refractivity contribution in [1.82, 2.24) is 10.2 Å². The lowest BCUT2D eigenvalue weighted by Crippen LogP contribution is -2.61. The fourth-order valence-corrected chi connectivity index (χ4v) is 7.95. The van der Waals surface area contributed by atoms with Gasteiger partial charge in [-0.05, 0) is 86.0 Å². The van der Waals surface area contributed by atoms with Gasteiger partial charge in [0.1, 0.15) is 0 Å². The quantitative estimate of drug-likeness (QED) is 0.686. The molecule has 0 bridgehead atoms. The molecule has 1 aromatic rings. The number of hydrogen-bond donors (Lipinski definition) is 2. The van der Waals surface area contributed by atoms with E-state index in [1.165, 1.54) is 11.3 Å². The average molecular weight is 382 g/mol. The normalized spacial score (nSPS) is 49.1. The fraction of sp³-hybridized carbons (Fsp3) is 0.857. The Bertz CT molecular complexity index is 761. The summed E-state index contributed by atoms with van der Waals surface area (Å²) in [5, 5.41) is 18.1. The van der Waals surface area contributed by atoms with Crippen LogP contribution >= 0.6 is 0 Å². The van der Waals surface area contributed by atoms with Crippen LogP contribution in [0.15, 0.2) is 6.20 Å². The molecule has 0 aromatic carbocycles. The number of rotatable bonds is 0. The molecule has 5 rings (SSSR count). The second-order valence-electron chi connectivity index (χ2n) is 10.3. The van der Waals surface area contributed by atoms with Gasteiger partial charge in [0.15, 0.2) is 5.60 Å². The number of H-pyrrole nitrogens is 1. The maximum Gasteiger partial charge on any atom is 0.417 e. The minimum Gasteiger partial charge on any atom is -0.380 e. The Hall–Kier alpha value is -1.04. The number of alkyl halides is 3. The minimum absolute atomic E-state index is 0.0219. The van der Waals surface area contributed by atoms with Crippen molar-refractivity contribution in [2.45, 2.75) is 77.0 Å². The molecular weight excluding hydrogens is 353 g/mol. The Kier molecular flexibility index (Phi) is 3.54. The van der Waals surface area contributed by atoms with Gasteiger partial charge in [0.25, 0.3) is 0 Å². The largest absolute Gasteiger partial charge is 0.417 e. The third kappa shape index (κ3) is 2.11. The maximum atomic E-state index is 13.8. The first-order valence-corrected chi connectivity index (χ1v) is 10.4. The molecule has 6 heteroatoms.